The Morgan fingerprint density at radius 1 is 1.47 bits per heavy atom. The van der Waals surface area contributed by atoms with Crippen molar-refractivity contribution in [2.24, 2.45) is 0 Å². The number of halogens is 1. The van der Waals surface area contributed by atoms with Crippen molar-refractivity contribution in [3.05, 3.63) is 21.9 Å². The SMILES string of the molecule is Cc1ccc(C(Cl)C(=O)N2CCCC2)s1. The number of rotatable bonds is 2. The molecule has 0 radical (unpaired) electrons. The standard InChI is InChI=1S/C11H14ClNOS/c1-8-4-5-9(15-8)10(12)11(14)13-6-2-3-7-13/h4-5,10H,2-3,6-7H2,1H3. The molecule has 0 saturated carbocycles. The first-order chi connectivity index (χ1) is 7.18. The summed E-state index contributed by atoms with van der Waals surface area (Å²) in [7, 11) is 0. The van der Waals surface area contributed by atoms with Gasteiger partial charge < -0.3 is 4.90 Å². The fraction of sp³-hybridized carbons (Fsp3) is 0.545. The molecule has 1 atom stereocenters. The zero-order valence-corrected chi connectivity index (χ0v) is 10.3. The third-order valence-corrected chi connectivity index (χ3v) is 4.26. The molecule has 15 heavy (non-hydrogen) atoms. The molecule has 1 saturated heterocycles. The molecule has 1 aliphatic heterocycles. The quantitative estimate of drug-likeness (QED) is 0.732. The minimum Gasteiger partial charge on any atom is -0.341 e. The second-order valence-corrected chi connectivity index (χ2v) is 5.60. The third-order valence-electron chi connectivity index (χ3n) is 2.65. The van der Waals surface area contributed by atoms with E-state index in [0.717, 1.165) is 30.8 Å². The number of likely N-dealkylation sites (tertiary alicyclic amines) is 1. The Hall–Kier alpha value is -0.540. The van der Waals surface area contributed by atoms with Crippen LogP contribution in [0.5, 0.6) is 0 Å². The summed E-state index contributed by atoms with van der Waals surface area (Å²) in [5.41, 5.74) is 0. The number of amides is 1. The lowest BCUT2D eigenvalue weighted by Gasteiger charge is -2.17. The van der Waals surface area contributed by atoms with E-state index in [-0.39, 0.29) is 5.91 Å². The van der Waals surface area contributed by atoms with Gasteiger partial charge in [0.2, 0.25) is 5.91 Å². The van der Waals surface area contributed by atoms with Gasteiger partial charge in [0, 0.05) is 22.8 Å². The molecule has 82 valence electrons. The van der Waals surface area contributed by atoms with Gasteiger partial charge in [-0.1, -0.05) is 0 Å². The summed E-state index contributed by atoms with van der Waals surface area (Å²) in [4.78, 5) is 16.0. The monoisotopic (exact) mass is 243 g/mol. The maximum Gasteiger partial charge on any atom is 0.246 e. The van der Waals surface area contributed by atoms with Crippen molar-refractivity contribution < 1.29 is 4.79 Å². The molecule has 2 heterocycles. The van der Waals surface area contributed by atoms with E-state index in [9.17, 15) is 4.79 Å². The minimum absolute atomic E-state index is 0.0658. The van der Waals surface area contributed by atoms with Gasteiger partial charge in [-0.05, 0) is 31.9 Å². The van der Waals surface area contributed by atoms with Gasteiger partial charge in [0.15, 0.2) is 0 Å². The van der Waals surface area contributed by atoms with Crippen LogP contribution in [0.1, 0.15) is 28.0 Å². The summed E-state index contributed by atoms with van der Waals surface area (Å²) < 4.78 is 0. The van der Waals surface area contributed by atoms with E-state index in [1.165, 1.54) is 4.88 Å². The van der Waals surface area contributed by atoms with Crippen molar-refractivity contribution >= 4 is 28.8 Å². The largest absolute Gasteiger partial charge is 0.341 e. The first-order valence-electron chi connectivity index (χ1n) is 5.17. The number of alkyl halides is 1. The Morgan fingerprint density at radius 2 is 2.13 bits per heavy atom. The maximum absolute atomic E-state index is 12.0. The molecule has 0 spiro atoms. The van der Waals surface area contributed by atoms with E-state index in [2.05, 4.69) is 0 Å². The molecule has 0 aromatic carbocycles. The molecule has 0 aliphatic carbocycles. The highest BCUT2D eigenvalue weighted by Gasteiger charge is 2.26. The molecule has 2 nitrogen and oxygen atoms in total. The van der Waals surface area contributed by atoms with Crippen molar-refractivity contribution in [2.75, 3.05) is 13.1 Å². The Bertz CT molecular complexity index is 357. The number of carbonyl (C=O) groups is 1. The van der Waals surface area contributed by atoms with Crippen molar-refractivity contribution in [3.8, 4) is 0 Å². The van der Waals surface area contributed by atoms with E-state index in [1.807, 2.05) is 24.0 Å². The second-order valence-electron chi connectivity index (χ2n) is 3.84. The van der Waals surface area contributed by atoms with Crippen LogP contribution in [0.15, 0.2) is 12.1 Å². The number of aryl methyl sites for hydroxylation is 1. The van der Waals surface area contributed by atoms with E-state index in [4.69, 9.17) is 11.6 Å². The molecule has 0 N–H and O–H groups in total. The van der Waals surface area contributed by atoms with Crippen molar-refractivity contribution in [1.29, 1.82) is 0 Å². The lowest BCUT2D eigenvalue weighted by atomic mass is 10.3. The topological polar surface area (TPSA) is 20.3 Å². The van der Waals surface area contributed by atoms with Gasteiger partial charge in [-0.25, -0.2) is 0 Å². The fourth-order valence-corrected chi connectivity index (χ4v) is 3.00. The lowest BCUT2D eigenvalue weighted by Crippen LogP contribution is -2.30. The summed E-state index contributed by atoms with van der Waals surface area (Å²) in [6.45, 7) is 3.76. The van der Waals surface area contributed by atoms with Gasteiger partial charge in [0.1, 0.15) is 5.38 Å². The molecule has 1 aromatic heterocycles. The first kappa shape index (κ1) is 11.0. The van der Waals surface area contributed by atoms with Crippen LogP contribution in [0.25, 0.3) is 0 Å². The van der Waals surface area contributed by atoms with Gasteiger partial charge in [0.05, 0.1) is 0 Å². The molecule has 1 aliphatic rings. The molecular weight excluding hydrogens is 230 g/mol. The average molecular weight is 244 g/mol. The van der Waals surface area contributed by atoms with Crippen molar-refractivity contribution in [2.45, 2.75) is 25.1 Å². The van der Waals surface area contributed by atoms with E-state index in [1.54, 1.807) is 11.3 Å². The first-order valence-corrected chi connectivity index (χ1v) is 6.43. The summed E-state index contributed by atoms with van der Waals surface area (Å²) >= 11 is 7.77. The van der Waals surface area contributed by atoms with Crippen molar-refractivity contribution in [3.63, 3.8) is 0 Å². The molecule has 1 amide bonds. The van der Waals surface area contributed by atoms with Gasteiger partial charge in [-0.2, -0.15) is 0 Å². The normalized spacial score (nSPS) is 18.1. The molecule has 1 fully saturated rings. The van der Waals surface area contributed by atoms with Crippen LogP contribution in [-0.4, -0.2) is 23.9 Å². The summed E-state index contributed by atoms with van der Waals surface area (Å²) in [6, 6.07) is 3.96. The zero-order valence-electron chi connectivity index (χ0n) is 8.70. The van der Waals surface area contributed by atoms with Crippen LogP contribution in [-0.2, 0) is 4.79 Å². The summed E-state index contributed by atoms with van der Waals surface area (Å²) in [5, 5.41) is -0.484. The highest BCUT2D eigenvalue weighted by atomic mass is 35.5. The number of hydrogen-bond donors (Lipinski definition) is 0. The number of hydrogen-bond acceptors (Lipinski definition) is 2. The zero-order chi connectivity index (χ0) is 10.8. The highest BCUT2D eigenvalue weighted by Crippen LogP contribution is 2.30. The predicted octanol–water partition coefficient (Wildman–Crippen LogP) is 2.96. The van der Waals surface area contributed by atoms with Crippen LogP contribution in [0.3, 0.4) is 0 Å². The Morgan fingerprint density at radius 3 is 2.67 bits per heavy atom. The van der Waals surface area contributed by atoms with Gasteiger partial charge in [-0.15, -0.1) is 22.9 Å². The molecule has 2 rings (SSSR count). The van der Waals surface area contributed by atoms with E-state index >= 15 is 0 Å². The molecular formula is C11H14ClNOS. The number of carbonyl (C=O) groups excluding carboxylic acids is 1. The summed E-state index contributed by atoms with van der Waals surface area (Å²) in [5.74, 6) is 0.0658. The Kier molecular flexibility index (Phi) is 3.32. The van der Waals surface area contributed by atoms with Gasteiger partial charge >= 0.3 is 0 Å². The Balaban J connectivity index is 2.06. The van der Waals surface area contributed by atoms with Gasteiger partial charge in [-0.3, -0.25) is 4.79 Å². The van der Waals surface area contributed by atoms with Crippen LogP contribution in [0, 0.1) is 6.92 Å². The predicted molar refractivity (Wildman–Crippen MR) is 63.5 cm³/mol. The van der Waals surface area contributed by atoms with Crippen LogP contribution in [0.2, 0.25) is 0 Å². The van der Waals surface area contributed by atoms with E-state index < -0.39 is 5.38 Å². The molecule has 0 bridgehead atoms. The van der Waals surface area contributed by atoms with Crippen molar-refractivity contribution in [1.82, 2.24) is 4.90 Å². The molecule has 1 aromatic rings. The summed E-state index contributed by atoms with van der Waals surface area (Å²) in [6.07, 6.45) is 2.22. The van der Waals surface area contributed by atoms with Crippen LogP contribution in [0.4, 0.5) is 0 Å². The second kappa shape index (κ2) is 4.54. The van der Waals surface area contributed by atoms with Crippen LogP contribution >= 0.6 is 22.9 Å². The average Bonchev–Trinajstić information content (AvgIpc) is 2.85. The molecule has 4 heteroatoms. The molecule has 1 unspecified atom stereocenters. The smallest absolute Gasteiger partial charge is 0.246 e. The minimum atomic E-state index is -0.484. The van der Waals surface area contributed by atoms with Gasteiger partial charge in [0.25, 0.3) is 0 Å². The number of nitrogens with zero attached hydrogens (tertiary/aromatic N) is 1. The maximum atomic E-state index is 12.0. The third kappa shape index (κ3) is 2.34. The lowest BCUT2D eigenvalue weighted by molar-refractivity contribution is -0.129. The number of thiophene rings is 1. The fourth-order valence-electron chi connectivity index (χ4n) is 1.81. The highest BCUT2D eigenvalue weighted by molar-refractivity contribution is 7.12. The Labute approximate surface area is 98.8 Å². The van der Waals surface area contributed by atoms with E-state index in [0.29, 0.717) is 0 Å². The van der Waals surface area contributed by atoms with Crippen LogP contribution < -0.4 is 0 Å².